The van der Waals surface area contributed by atoms with Gasteiger partial charge in [-0.15, -0.1) is 0 Å². The molecular formula is C36H39BrClN3O5S. The molecule has 0 unspecified atom stereocenters. The molecule has 0 saturated carbocycles. The molecule has 0 aromatic heterocycles. The lowest BCUT2D eigenvalue weighted by Gasteiger charge is -2.34. The third kappa shape index (κ3) is 9.82. The summed E-state index contributed by atoms with van der Waals surface area (Å²) < 4.78 is 35.9. The number of hydrogen-bond donors (Lipinski definition) is 1. The molecule has 0 aliphatic carbocycles. The van der Waals surface area contributed by atoms with Gasteiger partial charge in [-0.1, -0.05) is 76.9 Å². The highest BCUT2D eigenvalue weighted by atomic mass is 79.9. The number of amides is 2. The second-order valence-electron chi connectivity index (χ2n) is 11.1. The summed E-state index contributed by atoms with van der Waals surface area (Å²) in [6.07, 6.45) is 0.938. The molecule has 1 N–H and O–H groups in total. The number of carbonyl (C=O) groups excluding carboxylic acids is 2. The molecule has 0 bridgehead atoms. The van der Waals surface area contributed by atoms with Crippen LogP contribution in [0.25, 0.3) is 0 Å². The van der Waals surface area contributed by atoms with E-state index in [0.717, 1.165) is 19.9 Å². The van der Waals surface area contributed by atoms with Gasteiger partial charge in [0.25, 0.3) is 10.0 Å². The first kappa shape index (κ1) is 36.0. The Labute approximate surface area is 290 Å². The zero-order chi connectivity index (χ0) is 34.0. The Balaban J connectivity index is 1.80. The molecule has 0 saturated heterocycles. The summed E-state index contributed by atoms with van der Waals surface area (Å²) in [5.74, 6) is -0.297. The molecule has 248 valence electrons. The first-order valence-corrected chi connectivity index (χ1v) is 18.0. The number of nitrogens with zero attached hydrogens (tertiary/aromatic N) is 2. The van der Waals surface area contributed by atoms with Gasteiger partial charge in [0.05, 0.1) is 17.2 Å². The van der Waals surface area contributed by atoms with E-state index in [1.807, 2.05) is 75.4 Å². The molecular weight excluding hydrogens is 702 g/mol. The number of rotatable bonds is 15. The van der Waals surface area contributed by atoms with Crippen LogP contribution in [0.2, 0.25) is 5.02 Å². The Kier molecular flexibility index (Phi) is 12.9. The number of ether oxygens (including phenoxy) is 1. The van der Waals surface area contributed by atoms with Crippen LogP contribution in [0.15, 0.2) is 112 Å². The molecule has 11 heteroatoms. The maximum Gasteiger partial charge on any atom is 0.264 e. The van der Waals surface area contributed by atoms with Crippen molar-refractivity contribution in [3.8, 4) is 5.75 Å². The summed E-state index contributed by atoms with van der Waals surface area (Å²) in [4.78, 5) is 30.0. The van der Waals surface area contributed by atoms with Crippen LogP contribution in [0.3, 0.4) is 0 Å². The van der Waals surface area contributed by atoms with Crippen molar-refractivity contribution in [3.05, 3.63) is 124 Å². The van der Waals surface area contributed by atoms with E-state index < -0.39 is 28.5 Å². The third-order valence-electron chi connectivity index (χ3n) is 7.65. The maximum absolute atomic E-state index is 14.6. The van der Waals surface area contributed by atoms with E-state index in [2.05, 4.69) is 21.2 Å². The number of sulfonamides is 1. The largest absolute Gasteiger partial charge is 0.494 e. The van der Waals surface area contributed by atoms with Crippen molar-refractivity contribution in [2.45, 2.75) is 57.1 Å². The minimum atomic E-state index is -4.25. The van der Waals surface area contributed by atoms with Crippen molar-refractivity contribution in [3.63, 3.8) is 0 Å². The van der Waals surface area contributed by atoms with Crippen LogP contribution in [-0.2, 0) is 32.6 Å². The highest BCUT2D eigenvalue weighted by Gasteiger charge is 2.35. The lowest BCUT2D eigenvalue weighted by molar-refractivity contribution is -0.140. The summed E-state index contributed by atoms with van der Waals surface area (Å²) >= 11 is 9.53. The number of benzene rings is 4. The Morgan fingerprint density at radius 3 is 2.11 bits per heavy atom. The molecule has 0 heterocycles. The number of halogens is 2. The van der Waals surface area contributed by atoms with Crippen LogP contribution < -0.4 is 14.4 Å². The fourth-order valence-corrected chi connectivity index (χ4v) is 6.72. The van der Waals surface area contributed by atoms with Gasteiger partial charge in [0, 0.05) is 28.5 Å². The number of hydrogen-bond acceptors (Lipinski definition) is 5. The summed E-state index contributed by atoms with van der Waals surface area (Å²) in [6.45, 7) is 5.69. The zero-order valence-electron chi connectivity index (χ0n) is 26.6. The van der Waals surface area contributed by atoms with Crippen LogP contribution in [0, 0.1) is 0 Å². The standard InChI is InChI=1S/C36H39BrClN3O5S/c1-4-26(3)39-36(43)34(23-27-9-7-6-8-10-27)40(24-28-11-13-29(37)14-12-28)35(42)25-41(31-17-19-32(20-18-31)46-5-2)47(44,45)33-21-15-30(38)16-22-33/h6-22,26,34H,4-5,23-25H2,1-3H3,(H,39,43)/t26-,34+/m0/s1. The lowest BCUT2D eigenvalue weighted by Crippen LogP contribution is -2.54. The van der Waals surface area contributed by atoms with Gasteiger partial charge >= 0.3 is 0 Å². The third-order valence-corrected chi connectivity index (χ3v) is 10.2. The monoisotopic (exact) mass is 739 g/mol. The minimum Gasteiger partial charge on any atom is -0.494 e. The van der Waals surface area contributed by atoms with E-state index in [1.54, 1.807) is 24.3 Å². The predicted octanol–water partition coefficient (Wildman–Crippen LogP) is 7.25. The van der Waals surface area contributed by atoms with E-state index in [4.69, 9.17) is 16.3 Å². The molecule has 0 aliphatic rings. The van der Waals surface area contributed by atoms with E-state index in [9.17, 15) is 18.0 Å². The molecule has 2 amide bonds. The SMILES string of the molecule is CCOc1ccc(N(CC(=O)N(Cc2ccc(Br)cc2)[C@H](Cc2ccccc2)C(=O)N[C@@H](C)CC)S(=O)(=O)c2ccc(Cl)cc2)cc1. The summed E-state index contributed by atoms with van der Waals surface area (Å²) in [6, 6.07) is 28.2. The molecule has 0 spiro atoms. The highest BCUT2D eigenvalue weighted by molar-refractivity contribution is 9.10. The van der Waals surface area contributed by atoms with Crippen LogP contribution >= 0.6 is 27.5 Å². The zero-order valence-corrected chi connectivity index (χ0v) is 29.8. The normalized spacial score (nSPS) is 12.5. The van der Waals surface area contributed by atoms with Crippen LogP contribution in [0.1, 0.15) is 38.3 Å². The van der Waals surface area contributed by atoms with E-state index in [0.29, 0.717) is 23.8 Å². The number of anilines is 1. The average Bonchev–Trinajstić information content (AvgIpc) is 3.07. The summed E-state index contributed by atoms with van der Waals surface area (Å²) in [5.41, 5.74) is 1.91. The van der Waals surface area contributed by atoms with Gasteiger partial charge in [-0.3, -0.25) is 13.9 Å². The fourth-order valence-electron chi connectivity index (χ4n) is 4.92. The molecule has 4 aromatic carbocycles. The van der Waals surface area contributed by atoms with Gasteiger partial charge in [-0.25, -0.2) is 8.42 Å². The number of nitrogens with one attached hydrogen (secondary N) is 1. The van der Waals surface area contributed by atoms with Gasteiger partial charge in [-0.2, -0.15) is 0 Å². The topological polar surface area (TPSA) is 96.0 Å². The van der Waals surface area contributed by atoms with Crippen molar-refractivity contribution in [1.82, 2.24) is 10.2 Å². The van der Waals surface area contributed by atoms with E-state index >= 15 is 0 Å². The first-order valence-electron chi connectivity index (χ1n) is 15.4. The van der Waals surface area contributed by atoms with Gasteiger partial charge in [0.2, 0.25) is 11.8 Å². The second-order valence-corrected chi connectivity index (χ2v) is 14.3. The van der Waals surface area contributed by atoms with Crippen LogP contribution in [0.4, 0.5) is 5.69 Å². The summed E-state index contributed by atoms with van der Waals surface area (Å²) in [7, 11) is -4.25. The molecule has 0 fully saturated rings. The number of carbonyl (C=O) groups is 2. The Bertz CT molecular complexity index is 1720. The van der Waals surface area contributed by atoms with Crippen molar-refractivity contribution < 1.29 is 22.7 Å². The Hall–Kier alpha value is -3.86. The lowest BCUT2D eigenvalue weighted by atomic mass is 10.0. The van der Waals surface area contributed by atoms with Gasteiger partial charge < -0.3 is 15.0 Å². The molecule has 4 rings (SSSR count). The Morgan fingerprint density at radius 1 is 0.872 bits per heavy atom. The Morgan fingerprint density at radius 2 is 1.51 bits per heavy atom. The fraction of sp³-hybridized carbons (Fsp3) is 0.278. The average molecular weight is 741 g/mol. The van der Waals surface area contributed by atoms with Crippen molar-refractivity contribution >= 4 is 55.1 Å². The molecule has 47 heavy (non-hydrogen) atoms. The molecule has 0 aliphatic heterocycles. The smallest absolute Gasteiger partial charge is 0.264 e. The quantitative estimate of drug-likeness (QED) is 0.139. The van der Waals surface area contributed by atoms with Crippen LogP contribution in [-0.4, -0.2) is 50.4 Å². The van der Waals surface area contributed by atoms with Crippen LogP contribution in [0.5, 0.6) is 5.75 Å². The predicted molar refractivity (Wildman–Crippen MR) is 190 cm³/mol. The first-order chi connectivity index (χ1) is 22.5. The molecule has 8 nitrogen and oxygen atoms in total. The van der Waals surface area contributed by atoms with Crippen molar-refractivity contribution in [2.24, 2.45) is 0 Å². The van der Waals surface area contributed by atoms with Gasteiger partial charge in [0.1, 0.15) is 18.3 Å². The second kappa shape index (κ2) is 16.8. The van der Waals surface area contributed by atoms with Crippen molar-refractivity contribution in [1.29, 1.82) is 0 Å². The maximum atomic E-state index is 14.6. The minimum absolute atomic E-state index is 0.0293. The van der Waals surface area contributed by atoms with Gasteiger partial charge in [0.15, 0.2) is 0 Å². The van der Waals surface area contributed by atoms with E-state index in [-0.39, 0.29) is 35.5 Å². The van der Waals surface area contributed by atoms with Gasteiger partial charge in [-0.05, 0) is 92.1 Å². The molecule has 0 radical (unpaired) electrons. The molecule has 2 atom stereocenters. The molecule has 4 aromatic rings. The van der Waals surface area contributed by atoms with E-state index in [1.165, 1.54) is 29.2 Å². The highest BCUT2D eigenvalue weighted by Crippen LogP contribution is 2.28. The van der Waals surface area contributed by atoms with Crippen molar-refractivity contribution in [2.75, 3.05) is 17.5 Å². The summed E-state index contributed by atoms with van der Waals surface area (Å²) in [5, 5.41) is 3.43.